The van der Waals surface area contributed by atoms with Crippen molar-refractivity contribution in [3.8, 4) is 5.69 Å². The van der Waals surface area contributed by atoms with E-state index in [-0.39, 0.29) is 10.6 Å². The van der Waals surface area contributed by atoms with E-state index in [1.54, 1.807) is 18.3 Å². The molecule has 0 radical (unpaired) electrons. The fraction of sp³-hybridized carbons (Fsp3) is 0.182. The highest BCUT2D eigenvalue weighted by Crippen LogP contribution is 2.26. The number of anilines is 1. The number of benzene rings is 2. The van der Waals surface area contributed by atoms with E-state index in [4.69, 9.17) is 0 Å². The van der Waals surface area contributed by atoms with Crippen LogP contribution in [0.5, 0.6) is 0 Å². The molecule has 4 rings (SSSR count). The second kappa shape index (κ2) is 7.47. The van der Waals surface area contributed by atoms with Crippen LogP contribution in [0.2, 0.25) is 0 Å². The molecule has 0 spiro atoms. The van der Waals surface area contributed by atoms with Gasteiger partial charge in [0.15, 0.2) is 0 Å². The van der Waals surface area contributed by atoms with E-state index >= 15 is 0 Å². The molecule has 8 nitrogen and oxygen atoms in total. The summed E-state index contributed by atoms with van der Waals surface area (Å²) in [6.07, 6.45) is 1.74. The van der Waals surface area contributed by atoms with Crippen LogP contribution in [-0.4, -0.2) is 25.3 Å². The van der Waals surface area contributed by atoms with Crippen LogP contribution in [0.25, 0.3) is 16.7 Å². The lowest BCUT2D eigenvalue weighted by atomic mass is 10.1. The van der Waals surface area contributed by atoms with Crippen LogP contribution in [-0.2, 0) is 7.05 Å². The standard InChI is InChI=1S/C22H22N6O2/c1-14-9-10-18(28(29)30)12-21(14)27-15(2)11-17(16(27)3)13-23-25-22-24-19-7-5-6-8-20(19)26(22)4/h5-13H,1-4H3,(H,24,25)/b23-13-. The molecule has 1 N–H and O–H groups in total. The van der Waals surface area contributed by atoms with Crippen LogP contribution in [0.3, 0.4) is 0 Å². The quantitative estimate of drug-likeness (QED) is 0.299. The highest BCUT2D eigenvalue weighted by atomic mass is 16.6. The van der Waals surface area contributed by atoms with E-state index in [2.05, 4.69) is 15.5 Å². The summed E-state index contributed by atoms with van der Waals surface area (Å²) >= 11 is 0. The number of imidazole rings is 1. The first-order valence-corrected chi connectivity index (χ1v) is 9.51. The summed E-state index contributed by atoms with van der Waals surface area (Å²) in [5, 5.41) is 15.6. The van der Waals surface area contributed by atoms with Gasteiger partial charge in [0.05, 0.1) is 27.9 Å². The lowest BCUT2D eigenvalue weighted by Gasteiger charge is -2.12. The fourth-order valence-electron chi connectivity index (χ4n) is 3.65. The van der Waals surface area contributed by atoms with Crippen molar-refractivity contribution in [1.82, 2.24) is 14.1 Å². The summed E-state index contributed by atoms with van der Waals surface area (Å²) in [6.45, 7) is 5.89. The molecular formula is C22H22N6O2. The van der Waals surface area contributed by atoms with Crippen LogP contribution >= 0.6 is 0 Å². The normalized spacial score (nSPS) is 11.5. The Hall–Kier alpha value is -3.94. The van der Waals surface area contributed by atoms with Crippen molar-refractivity contribution in [2.45, 2.75) is 20.8 Å². The minimum Gasteiger partial charge on any atom is -0.317 e. The number of nitrogens with one attached hydrogen (secondary N) is 1. The van der Waals surface area contributed by atoms with Crippen LogP contribution in [0.1, 0.15) is 22.5 Å². The summed E-state index contributed by atoms with van der Waals surface area (Å²) in [5.41, 5.74) is 9.60. The molecule has 30 heavy (non-hydrogen) atoms. The molecule has 0 aliphatic heterocycles. The van der Waals surface area contributed by atoms with Gasteiger partial charge in [-0.2, -0.15) is 5.10 Å². The zero-order valence-electron chi connectivity index (χ0n) is 17.2. The van der Waals surface area contributed by atoms with Crippen molar-refractivity contribution >= 4 is 28.9 Å². The Bertz CT molecular complexity index is 1300. The van der Waals surface area contributed by atoms with E-state index in [1.165, 1.54) is 6.07 Å². The number of hydrogen-bond donors (Lipinski definition) is 1. The van der Waals surface area contributed by atoms with Gasteiger partial charge in [0.2, 0.25) is 5.95 Å². The highest BCUT2D eigenvalue weighted by Gasteiger charge is 2.15. The predicted octanol–water partition coefficient (Wildman–Crippen LogP) is 4.64. The van der Waals surface area contributed by atoms with Crippen molar-refractivity contribution in [2.24, 2.45) is 12.1 Å². The molecule has 0 bridgehead atoms. The number of fused-ring (bicyclic) bond motifs is 1. The molecular weight excluding hydrogens is 380 g/mol. The fourth-order valence-corrected chi connectivity index (χ4v) is 3.65. The van der Waals surface area contributed by atoms with Gasteiger partial charge in [-0.1, -0.05) is 18.2 Å². The molecule has 0 aliphatic rings. The third-order valence-electron chi connectivity index (χ3n) is 5.27. The molecule has 0 saturated heterocycles. The molecule has 0 fully saturated rings. The van der Waals surface area contributed by atoms with Gasteiger partial charge in [-0.25, -0.2) is 10.4 Å². The third kappa shape index (κ3) is 3.32. The summed E-state index contributed by atoms with van der Waals surface area (Å²) in [6, 6.07) is 14.8. The average molecular weight is 402 g/mol. The summed E-state index contributed by atoms with van der Waals surface area (Å²) in [4.78, 5) is 15.4. The number of nitro benzene ring substituents is 1. The van der Waals surface area contributed by atoms with Crippen molar-refractivity contribution in [3.63, 3.8) is 0 Å². The minimum atomic E-state index is -0.375. The molecule has 0 saturated carbocycles. The Morgan fingerprint density at radius 3 is 2.63 bits per heavy atom. The van der Waals surface area contributed by atoms with E-state index in [9.17, 15) is 10.1 Å². The number of para-hydroxylation sites is 2. The molecule has 2 aromatic carbocycles. The number of aryl methyl sites for hydroxylation is 3. The molecule has 2 aromatic heterocycles. The van der Waals surface area contributed by atoms with E-state index in [0.717, 1.165) is 39.2 Å². The number of aromatic nitrogens is 3. The Balaban J connectivity index is 1.65. The number of hydrogen-bond acceptors (Lipinski definition) is 5. The van der Waals surface area contributed by atoms with Gasteiger partial charge in [0.1, 0.15) is 0 Å². The maximum Gasteiger partial charge on any atom is 0.271 e. The number of rotatable bonds is 5. The SMILES string of the molecule is Cc1ccc([N+](=O)[O-])cc1-n1c(C)cc(/C=N\Nc2nc3ccccc3n2C)c1C. The molecule has 0 amide bonds. The Labute approximate surface area is 173 Å². The lowest BCUT2D eigenvalue weighted by molar-refractivity contribution is -0.384. The predicted molar refractivity (Wildman–Crippen MR) is 119 cm³/mol. The molecule has 0 atom stereocenters. The zero-order valence-corrected chi connectivity index (χ0v) is 17.2. The Morgan fingerprint density at radius 2 is 1.90 bits per heavy atom. The molecule has 0 unspecified atom stereocenters. The Kier molecular flexibility index (Phi) is 4.83. The largest absolute Gasteiger partial charge is 0.317 e. The van der Waals surface area contributed by atoms with Gasteiger partial charge in [-0.05, 0) is 44.5 Å². The minimum absolute atomic E-state index is 0.0711. The topological polar surface area (TPSA) is 90.3 Å². The first kappa shape index (κ1) is 19.4. The molecule has 152 valence electrons. The maximum absolute atomic E-state index is 11.2. The number of non-ortho nitro benzene ring substituents is 1. The zero-order chi connectivity index (χ0) is 21.4. The van der Waals surface area contributed by atoms with E-state index < -0.39 is 0 Å². The third-order valence-corrected chi connectivity index (χ3v) is 5.27. The van der Waals surface area contributed by atoms with Crippen LogP contribution in [0, 0.1) is 30.9 Å². The smallest absolute Gasteiger partial charge is 0.271 e. The van der Waals surface area contributed by atoms with Crippen LogP contribution in [0.15, 0.2) is 53.6 Å². The van der Waals surface area contributed by atoms with Crippen LogP contribution in [0.4, 0.5) is 11.6 Å². The number of nitro groups is 1. The monoisotopic (exact) mass is 402 g/mol. The lowest BCUT2D eigenvalue weighted by Crippen LogP contribution is -2.03. The summed E-state index contributed by atoms with van der Waals surface area (Å²) in [7, 11) is 1.93. The maximum atomic E-state index is 11.2. The molecule has 4 aromatic rings. The first-order chi connectivity index (χ1) is 14.4. The van der Waals surface area contributed by atoms with Gasteiger partial charge in [-0.3, -0.25) is 10.1 Å². The number of nitrogens with zero attached hydrogens (tertiary/aromatic N) is 5. The van der Waals surface area contributed by atoms with Gasteiger partial charge < -0.3 is 9.13 Å². The van der Waals surface area contributed by atoms with Crippen molar-refractivity contribution in [3.05, 3.63) is 81.2 Å². The van der Waals surface area contributed by atoms with Crippen molar-refractivity contribution in [2.75, 3.05) is 5.43 Å². The van der Waals surface area contributed by atoms with Gasteiger partial charge in [0.25, 0.3) is 5.69 Å². The summed E-state index contributed by atoms with van der Waals surface area (Å²) in [5.74, 6) is 0.649. The van der Waals surface area contributed by atoms with Gasteiger partial charge in [-0.15, -0.1) is 0 Å². The highest BCUT2D eigenvalue weighted by molar-refractivity contribution is 5.83. The second-order valence-electron chi connectivity index (χ2n) is 7.24. The van der Waals surface area contributed by atoms with E-state index in [1.807, 2.05) is 67.3 Å². The van der Waals surface area contributed by atoms with E-state index in [0.29, 0.717) is 5.95 Å². The molecule has 2 heterocycles. The van der Waals surface area contributed by atoms with Crippen molar-refractivity contribution in [1.29, 1.82) is 0 Å². The van der Waals surface area contributed by atoms with Crippen LogP contribution < -0.4 is 5.43 Å². The average Bonchev–Trinajstić information content (AvgIpc) is 3.18. The Morgan fingerprint density at radius 1 is 1.13 bits per heavy atom. The molecule has 0 aliphatic carbocycles. The first-order valence-electron chi connectivity index (χ1n) is 9.51. The summed E-state index contributed by atoms with van der Waals surface area (Å²) < 4.78 is 3.96. The van der Waals surface area contributed by atoms with Crippen molar-refractivity contribution < 1.29 is 4.92 Å². The molecule has 8 heteroatoms. The van der Waals surface area contributed by atoms with Gasteiger partial charge in [0, 0.05) is 36.1 Å². The van der Waals surface area contributed by atoms with Gasteiger partial charge >= 0.3 is 0 Å². The number of hydrazone groups is 1. The second-order valence-corrected chi connectivity index (χ2v) is 7.24.